The van der Waals surface area contributed by atoms with Crippen molar-refractivity contribution >= 4 is 0 Å². The highest BCUT2D eigenvalue weighted by Crippen LogP contribution is 2.47. The van der Waals surface area contributed by atoms with Crippen LogP contribution in [-0.4, -0.2) is 10.7 Å². The predicted molar refractivity (Wildman–Crippen MR) is 88.5 cm³/mol. The van der Waals surface area contributed by atoms with Crippen LogP contribution in [0.25, 0.3) is 0 Å². The molecule has 1 N–H and O–H groups in total. The van der Waals surface area contributed by atoms with E-state index in [-0.39, 0.29) is 5.60 Å². The van der Waals surface area contributed by atoms with Gasteiger partial charge in [-0.3, -0.25) is 0 Å². The second-order valence-electron chi connectivity index (χ2n) is 6.88. The van der Waals surface area contributed by atoms with Gasteiger partial charge >= 0.3 is 0 Å². The van der Waals surface area contributed by atoms with Crippen LogP contribution in [0, 0.1) is 0 Å². The van der Waals surface area contributed by atoms with E-state index in [4.69, 9.17) is 4.74 Å². The lowest BCUT2D eigenvalue weighted by molar-refractivity contribution is 0.137. The smallest absolute Gasteiger partial charge is 0.127 e. The molecule has 2 rings (SSSR count). The summed E-state index contributed by atoms with van der Waals surface area (Å²) in [5.41, 5.74) is 4.66. The van der Waals surface area contributed by atoms with Crippen LogP contribution in [0.4, 0.5) is 0 Å². The molecule has 0 bridgehead atoms. The Morgan fingerprint density at radius 3 is 2.00 bits per heavy atom. The number of phenolic OH excluding ortho intramolecular Hbond substituents is 1. The van der Waals surface area contributed by atoms with E-state index in [0.29, 0.717) is 5.75 Å². The number of hydrogen-bond donors (Lipinski definition) is 1. The topological polar surface area (TPSA) is 29.5 Å². The molecule has 1 aromatic carbocycles. The quantitative estimate of drug-likeness (QED) is 0.802. The molecule has 21 heavy (non-hydrogen) atoms. The van der Waals surface area contributed by atoms with E-state index < -0.39 is 0 Å². The van der Waals surface area contributed by atoms with Crippen molar-refractivity contribution in [3.8, 4) is 11.5 Å². The van der Waals surface area contributed by atoms with Crippen LogP contribution in [0.1, 0.15) is 76.1 Å². The third-order valence-corrected chi connectivity index (χ3v) is 4.33. The fourth-order valence-electron chi connectivity index (χ4n) is 3.53. The maximum absolute atomic E-state index is 10.8. The Hall–Kier alpha value is -1.18. The van der Waals surface area contributed by atoms with E-state index in [9.17, 15) is 5.11 Å². The molecule has 2 heteroatoms. The van der Waals surface area contributed by atoms with Gasteiger partial charge in [0, 0.05) is 28.7 Å². The van der Waals surface area contributed by atoms with Crippen molar-refractivity contribution in [1.29, 1.82) is 0 Å². The van der Waals surface area contributed by atoms with Crippen LogP contribution >= 0.6 is 0 Å². The molecule has 0 aliphatic carbocycles. The number of hydrogen-bond acceptors (Lipinski definition) is 2. The third kappa shape index (κ3) is 3.04. The molecular weight excluding hydrogens is 260 g/mol. The molecule has 0 atom stereocenters. The van der Waals surface area contributed by atoms with E-state index in [2.05, 4.69) is 34.6 Å². The molecular formula is C19H30O2. The van der Waals surface area contributed by atoms with E-state index in [1.54, 1.807) is 0 Å². The minimum atomic E-state index is -0.148. The number of rotatable bonds is 6. The van der Waals surface area contributed by atoms with Gasteiger partial charge in [-0.2, -0.15) is 0 Å². The van der Waals surface area contributed by atoms with Crippen molar-refractivity contribution in [2.75, 3.05) is 0 Å². The lowest BCUT2D eigenvalue weighted by atomic mass is 9.87. The van der Waals surface area contributed by atoms with Crippen molar-refractivity contribution in [2.24, 2.45) is 0 Å². The van der Waals surface area contributed by atoms with Gasteiger partial charge in [-0.05, 0) is 33.1 Å². The van der Waals surface area contributed by atoms with Gasteiger partial charge in [0.15, 0.2) is 0 Å². The Bertz CT molecular complexity index is 515. The molecule has 1 aliphatic heterocycles. The standard InChI is InChI=1S/C19H30O2/c1-6-9-13-15(11-8-3)18-16(12-19(4,5)21-18)14(10-7-2)17(13)20/h20H,6-12H2,1-5H3. The highest BCUT2D eigenvalue weighted by Gasteiger charge is 2.36. The van der Waals surface area contributed by atoms with E-state index in [0.717, 1.165) is 61.8 Å². The zero-order valence-corrected chi connectivity index (χ0v) is 14.3. The fourth-order valence-corrected chi connectivity index (χ4v) is 3.53. The van der Waals surface area contributed by atoms with Crippen LogP contribution in [0.15, 0.2) is 0 Å². The number of ether oxygens (including phenoxy) is 1. The summed E-state index contributed by atoms with van der Waals surface area (Å²) in [4.78, 5) is 0. The summed E-state index contributed by atoms with van der Waals surface area (Å²) in [5, 5.41) is 10.8. The number of benzene rings is 1. The highest BCUT2D eigenvalue weighted by molar-refractivity contribution is 5.61. The summed E-state index contributed by atoms with van der Waals surface area (Å²) >= 11 is 0. The molecule has 118 valence electrons. The average Bonchev–Trinajstić information content (AvgIpc) is 2.74. The first-order valence-electron chi connectivity index (χ1n) is 8.52. The molecule has 0 spiro atoms. The van der Waals surface area contributed by atoms with E-state index in [1.807, 2.05) is 0 Å². The summed E-state index contributed by atoms with van der Waals surface area (Å²) in [6.07, 6.45) is 6.98. The molecule has 1 aromatic rings. The van der Waals surface area contributed by atoms with Crippen molar-refractivity contribution in [3.63, 3.8) is 0 Å². The molecule has 0 saturated carbocycles. The molecule has 0 saturated heterocycles. The first-order valence-corrected chi connectivity index (χ1v) is 8.52. The normalized spacial score (nSPS) is 15.9. The van der Waals surface area contributed by atoms with E-state index in [1.165, 1.54) is 11.1 Å². The number of fused-ring (bicyclic) bond motifs is 1. The van der Waals surface area contributed by atoms with Crippen molar-refractivity contribution in [2.45, 2.75) is 85.2 Å². The zero-order chi connectivity index (χ0) is 15.6. The minimum absolute atomic E-state index is 0.148. The minimum Gasteiger partial charge on any atom is -0.507 e. The van der Waals surface area contributed by atoms with Crippen molar-refractivity contribution < 1.29 is 9.84 Å². The second kappa shape index (κ2) is 6.29. The largest absolute Gasteiger partial charge is 0.507 e. The second-order valence-corrected chi connectivity index (χ2v) is 6.88. The molecule has 0 unspecified atom stereocenters. The third-order valence-electron chi connectivity index (χ3n) is 4.33. The van der Waals surface area contributed by atoms with Crippen molar-refractivity contribution in [3.05, 3.63) is 22.3 Å². The Labute approximate surface area is 129 Å². The van der Waals surface area contributed by atoms with Gasteiger partial charge in [0.2, 0.25) is 0 Å². The molecule has 0 amide bonds. The number of aromatic hydroxyl groups is 1. The van der Waals surface area contributed by atoms with Crippen LogP contribution in [-0.2, 0) is 25.7 Å². The molecule has 1 heterocycles. The summed E-state index contributed by atoms with van der Waals surface area (Å²) in [5.74, 6) is 1.65. The van der Waals surface area contributed by atoms with Crippen LogP contribution < -0.4 is 4.74 Å². The zero-order valence-electron chi connectivity index (χ0n) is 14.3. The monoisotopic (exact) mass is 290 g/mol. The molecule has 1 aliphatic rings. The Morgan fingerprint density at radius 1 is 0.905 bits per heavy atom. The first kappa shape index (κ1) is 16.2. The Morgan fingerprint density at radius 2 is 1.43 bits per heavy atom. The first-order chi connectivity index (χ1) is 9.95. The molecule has 0 radical (unpaired) electrons. The van der Waals surface area contributed by atoms with Crippen LogP contribution in [0.2, 0.25) is 0 Å². The molecule has 0 aromatic heterocycles. The predicted octanol–water partition coefficient (Wildman–Crippen LogP) is 4.96. The van der Waals surface area contributed by atoms with E-state index >= 15 is 0 Å². The summed E-state index contributed by atoms with van der Waals surface area (Å²) < 4.78 is 6.30. The van der Waals surface area contributed by atoms with Gasteiger partial charge in [0.1, 0.15) is 17.1 Å². The maximum atomic E-state index is 10.8. The van der Waals surface area contributed by atoms with Gasteiger partial charge in [-0.15, -0.1) is 0 Å². The van der Waals surface area contributed by atoms with Gasteiger partial charge in [-0.25, -0.2) is 0 Å². The summed E-state index contributed by atoms with van der Waals surface area (Å²) in [7, 11) is 0. The van der Waals surface area contributed by atoms with Crippen LogP contribution in [0.3, 0.4) is 0 Å². The van der Waals surface area contributed by atoms with Gasteiger partial charge in [0.25, 0.3) is 0 Å². The maximum Gasteiger partial charge on any atom is 0.127 e. The highest BCUT2D eigenvalue weighted by atomic mass is 16.5. The fraction of sp³-hybridized carbons (Fsp3) is 0.684. The lowest BCUT2D eigenvalue weighted by Gasteiger charge is -2.21. The van der Waals surface area contributed by atoms with Gasteiger partial charge < -0.3 is 9.84 Å². The average molecular weight is 290 g/mol. The summed E-state index contributed by atoms with van der Waals surface area (Å²) in [6, 6.07) is 0. The summed E-state index contributed by atoms with van der Waals surface area (Å²) in [6.45, 7) is 10.8. The SMILES string of the molecule is CCCc1c(O)c(CCC)c2c(c1CCC)OC(C)(C)C2. The Balaban J connectivity index is 2.65. The van der Waals surface area contributed by atoms with Crippen molar-refractivity contribution in [1.82, 2.24) is 0 Å². The molecule has 0 fully saturated rings. The number of phenols is 1. The lowest BCUT2D eigenvalue weighted by Crippen LogP contribution is -2.25. The Kier molecular flexibility index (Phi) is 4.85. The molecule has 2 nitrogen and oxygen atoms in total. The van der Waals surface area contributed by atoms with Gasteiger partial charge in [-0.1, -0.05) is 40.0 Å². The van der Waals surface area contributed by atoms with Crippen LogP contribution in [0.5, 0.6) is 11.5 Å². The van der Waals surface area contributed by atoms with Gasteiger partial charge in [0.05, 0.1) is 0 Å².